The van der Waals surface area contributed by atoms with E-state index in [4.69, 9.17) is 42.6 Å². The summed E-state index contributed by atoms with van der Waals surface area (Å²) in [6, 6.07) is 42.9. The molecule has 5 aromatic carbocycles. The number of ether oxygens (including phenoxy) is 9. The molecule has 646 valence electrons. The van der Waals surface area contributed by atoms with Gasteiger partial charge < -0.3 is 105 Å². The molecule has 0 fully saturated rings. The summed E-state index contributed by atoms with van der Waals surface area (Å²) in [5, 5.41) is 41.8. The molecular weight excluding hydrogens is 1510 g/mol. The quantitative estimate of drug-likeness (QED) is 0.00753. The van der Waals surface area contributed by atoms with Crippen LogP contribution in [0.15, 0.2) is 152 Å². The van der Waals surface area contributed by atoms with E-state index in [9.17, 15) is 67.7 Å². The van der Waals surface area contributed by atoms with Crippen molar-refractivity contribution in [1.82, 2.24) is 47.9 Å². The molecule has 0 saturated heterocycles. The minimum atomic E-state index is -1.30. The predicted octanol–water partition coefficient (Wildman–Crippen LogP) is 13.2. The number of esters is 1. The Hall–Kier alpha value is -11.7. The van der Waals surface area contributed by atoms with Crippen LogP contribution in [0.3, 0.4) is 0 Å². The van der Waals surface area contributed by atoms with Crippen LogP contribution >= 0.6 is 0 Å². The van der Waals surface area contributed by atoms with Crippen LogP contribution in [0.2, 0.25) is 0 Å². The van der Waals surface area contributed by atoms with E-state index >= 15 is 0 Å². The third-order valence-electron chi connectivity index (χ3n) is 15.3. The zero-order valence-corrected chi connectivity index (χ0v) is 69.7. The van der Waals surface area contributed by atoms with Gasteiger partial charge in [0.2, 0.25) is 6.10 Å². The fraction of sp³-hybridized carbons (Fsp3) is 0.506. The van der Waals surface area contributed by atoms with Crippen molar-refractivity contribution >= 4 is 72.9 Å². The highest BCUT2D eigenvalue weighted by Gasteiger charge is 2.34. The van der Waals surface area contributed by atoms with E-state index in [0.717, 1.165) is 28.7 Å². The Labute approximate surface area is 686 Å². The Balaban J connectivity index is 0.000000537. The van der Waals surface area contributed by atoms with Gasteiger partial charge in [-0.1, -0.05) is 140 Å². The molecule has 0 spiro atoms. The standard InChI is InChI=1S/C28H37N3O7.C19H28N2O6.C19H30N2O5.C19H28N2O5/c1-28(2,3)38-27(35)31-22(23(24(32)29-4)37-25(33)21-15-9-6-10-16-21)17-11-12-18-30-26(34)36-19-20-13-7-5-8-14-20;1-19(2,3)27-18(25)21-15(16(22)23)11-7-8-12-20-17(24)26-13-14-9-5-4-6-10-14;2*1-19(2,3)26-18(24)21-16(13-22)11-7-8-12-20-17(23)25-14-15-9-5-4-6-10-15/h5-10,13-16,22-23H,11-12,17-19H2,1-4H3,(H,29,32)(H,30,34)(H,31,35);4-6,9-10,15H,7-8,11-13H2,1-3H3,(H,20,24)(H,21,25)(H,22,23);4-6,9-10,16,22H,7-8,11-14H2,1-3H3,(H,20,23)(H,21,24);4-6,9-10,13,16H,7-8,11-12,14H2,1-3H3,(H,20,23)(H,21,24)/t22-,23?;15-;2*16-/m0000/s1. The number of carboxylic acid groups (broad SMARTS) is 1. The van der Waals surface area contributed by atoms with Gasteiger partial charge in [-0.15, -0.1) is 0 Å². The highest BCUT2D eigenvalue weighted by atomic mass is 16.6. The zero-order valence-electron chi connectivity index (χ0n) is 69.7. The van der Waals surface area contributed by atoms with Gasteiger partial charge in [-0.05, 0) is 195 Å². The van der Waals surface area contributed by atoms with Crippen LogP contribution in [0.1, 0.15) is 193 Å². The van der Waals surface area contributed by atoms with Crippen molar-refractivity contribution in [2.24, 2.45) is 0 Å². The van der Waals surface area contributed by atoms with Gasteiger partial charge in [-0.2, -0.15) is 0 Å². The number of carboxylic acids is 1. The smallest absolute Gasteiger partial charge is 0.408 e. The van der Waals surface area contributed by atoms with Crippen molar-refractivity contribution in [3.05, 3.63) is 179 Å². The van der Waals surface area contributed by atoms with Crippen molar-refractivity contribution in [3.8, 4) is 0 Å². The number of aldehydes is 1. The van der Waals surface area contributed by atoms with Gasteiger partial charge in [0.05, 0.1) is 30.3 Å². The van der Waals surface area contributed by atoms with Crippen LogP contribution in [-0.2, 0) is 83.4 Å². The monoisotopic (exact) mass is 1640 g/mol. The first kappa shape index (κ1) is 101. The highest BCUT2D eigenvalue weighted by molar-refractivity contribution is 5.92. The number of amides is 9. The Morgan fingerprint density at radius 2 is 0.684 bits per heavy atom. The van der Waals surface area contributed by atoms with E-state index in [1.54, 1.807) is 113 Å². The maximum absolute atomic E-state index is 12.7. The number of rotatable bonds is 39. The molecule has 1 unspecified atom stereocenters. The van der Waals surface area contributed by atoms with Crippen molar-refractivity contribution in [2.45, 2.75) is 239 Å². The summed E-state index contributed by atoms with van der Waals surface area (Å²) in [4.78, 5) is 142. The van der Waals surface area contributed by atoms with Gasteiger partial charge in [0.15, 0.2) is 0 Å². The van der Waals surface area contributed by atoms with Gasteiger partial charge in [0.1, 0.15) is 61.2 Å². The number of aliphatic hydroxyl groups is 1. The molecule has 32 nitrogen and oxygen atoms in total. The van der Waals surface area contributed by atoms with E-state index < -0.39 is 113 Å². The van der Waals surface area contributed by atoms with E-state index in [2.05, 4.69) is 47.9 Å². The lowest BCUT2D eigenvalue weighted by Gasteiger charge is -2.28. The third-order valence-corrected chi connectivity index (χ3v) is 15.3. The molecule has 0 saturated carbocycles. The molecule has 11 N–H and O–H groups in total. The first-order chi connectivity index (χ1) is 55.4. The average Bonchev–Trinajstić information content (AvgIpc) is 0.848. The van der Waals surface area contributed by atoms with Crippen molar-refractivity contribution in [3.63, 3.8) is 0 Å². The van der Waals surface area contributed by atoms with Crippen LogP contribution < -0.4 is 47.9 Å². The van der Waals surface area contributed by atoms with Gasteiger partial charge in [-0.3, -0.25) is 4.79 Å². The number of carbonyl (C=O) groups excluding carboxylic acids is 11. The second-order valence-electron chi connectivity index (χ2n) is 30.4. The summed E-state index contributed by atoms with van der Waals surface area (Å²) in [6.45, 7) is 23.1. The summed E-state index contributed by atoms with van der Waals surface area (Å²) in [5.41, 5.74) is 1.26. The van der Waals surface area contributed by atoms with Crippen molar-refractivity contribution in [1.29, 1.82) is 0 Å². The number of benzene rings is 5. The van der Waals surface area contributed by atoms with Gasteiger partial charge in [-0.25, -0.2) is 47.9 Å². The van der Waals surface area contributed by atoms with Gasteiger partial charge in [0.25, 0.3) is 5.91 Å². The molecule has 117 heavy (non-hydrogen) atoms. The topological polar surface area (TPSA) is 437 Å². The number of aliphatic carboxylic acids is 1. The van der Waals surface area contributed by atoms with Crippen LogP contribution in [0.25, 0.3) is 0 Å². The van der Waals surface area contributed by atoms with Crippen LogP contribution in [-0.4, -0.2) is 176 Å². The molecule has 0 aliphatic rings. The predicted molar refractivity (Wildman–Crippen MR) is 437 cm³/mol. The number of hydrogen-bond donors (Lipinski definition) is 11. The molecule has 5 aromatic rings. The molecule has 0 radical (unpaired) electrons. The number of likely N-dealkylation sites (N-methyl/N-ethyl adjacent to an activating group) is 1. The molecule has 0 aromatic heterocycles. The Kier molecular flexibility index (Phi) is 49.0. The van der Waals surface area contributed by atoms with Crippen molar-refractivity contribution in [2.75, 3.05) is 39.8 Å². The lowest BCUT2D eigenvalue weighted by Crippen LogP contribution is -2.52. The first-order valence-corrected chi connectivity index (χ1v) is 38.9. The van der Waals surface area contributed by atoms with Gasteiger partial charge >= 0.3 is 60.7 Å². The summed E-state index contributed by atoms with van der Waals surface area (Å²) < 4.78 is 46.7. The van der Waals surface area contributed by atoms with Crippen molar-refractivity contribution < 1.29 is 110 Å². The molecule has 32 heteroatoms. The molecule has 9 amide bonds. The number of carbonyl (C=O) groups is 12. The molecule has 0 bridgehead atoms. The number of nitrogens with one attached hydrogen (secondary N) is 9. The molecule has 5 rings (SSSR count). The molecule has 0 aliphatic carbocycles. The second kappa shape index (κ2) is 56.5. The minimum Gasteiger partial charge on any atom is -0.480 e. The van der Waals surface area contributed by atoms with E-state index in [-0.39, 0.29) is 57.5 Å². The summed E-state index contributed by atoms with van der Waals surface area (Å²) in [5.74, 6) is -2.40. The zero-order chi connectivity index (χ0) is 87.1. The van der Waals surface area contributed by atoms with E-state index in [1.165, 1.54) is 7.05 Å². The fourth-order valence-electron chi connectivity index (χ4n) is 9.83. The van der Waals surface area contributed by atoms with Gasteiger partial charge in [0, 0.05) is 33.2 Å². The van der Waals surface area contributed by atoms with E-state index in [1.807, 2.05) is 121 Å². The SMILES string of the molecule is CC(C)(C)OC(=O)N[C@@H](CCCCNC(=O)OCc1ccccc1)C(=O)O.CC(C)(C)OC(=O)N[C@H](C=O)CCCCNC(=O)OCc1ccccc1.CC(C)(C)OC(=O)N[C@H](CO)CCCCNC(=O)OCc1ccccc1.CNC(=O)C(OC(=O)c1ccccc1)[C@H](CCCCNC(=O)OCc1ccccc1)NC(=O)OC(C)(C)C. The number of aliphatic hydroxyl groups excluding tert-OH is 1. The Morgan fingerprint density at radius 1 is 0.376 bits per heavy atom. The number of unbranched alkanes of at least 4 members (excludes halogenated alkanes) is 4. The molecule has 0 heterocycles. The number of hydrogen-bond acceptors (Lipinski definition) is 22. The Morgan fingerprint density at radius 3 is 1.01 bits per heavy atom. The van der Waals surface area contributed by atoms with Crippen LogP contribution in [0, 0.1) is 0 Å². The normalized spacial score (nSPS) is 12.2. The summed E-state index contributed by atoms with van der Waals surface area (Å²) in [6.07, 6.45) is 1.16. The maximum Gasteiger partial charge on any atom is 0.408 e. The van der Waals surface area contributed by atoms with E-state index in [0.29, 0.717) is 90.3 Å². The lowest BCUT2D eigenvalue weighted by atomic mass is 10.0. The molecule has 0 aliphatic heterocycles. The average molecular weight is 1640 g/mol. The molecular formula is C85H123N9O23. The lowest BCUT2D eigenvalue weighted by molar-refractivity contribution is -0.139. The van der Waals surface area contributed by atoms with Crippen LogP contribution in [0.5, 0.6) is 0 Å². The number of alkyl carbamates (subject to hydrolysis) is 8. The van der Waals surface area contributed by atoms with Crippen LogP contribution in [0.4, 0.5) is 38.4 Å². The maximum atomic E-state index is 12.7. The fourth-order valence-corrected chi connectivity index (χ4v) is 9.83. The molecule has 5 atom stereocenters. The first-order valence-electron chi connectivity index (χ1n) is 38.9. The Bertz CT molecular complexity index is 3710. The minimum absolute atomic E-state index is 0.161. The summed E-state index contributed by atoms with van der Waals surface area (Å²) >= 11 is 0. The second-order valence-corrected chi connectivity index (χ2v) is 30.4. The third kappa shape index (κ3) is 53.9. The highest BCUT2D eigenvalue weighted by Crippen LogP contribution is 2.17. The largest absolute Gasteiger partial charge is 0.480 e. The summed E-state index contributed by atoms with van der Waals surface area (Å²) in [7, 11) is 1.42.